The third-order valence-corrected chi connectivity index (χ3v) is 6.02. The van der Waals surface area contributed by atoms with Gasteiger partial charge in [0.25, 0.3) is 10.0 Å². The Labute approximate surface area is 132 Å². The molecular formula is C12H7BrN2O4S2. The number of carbonyl (C=O) groups is 1. The summed E-state index contributed by atoms with van der Waals surface area (Å²) >= 11 is 3.86. The van der Waals surface area contributed by atoms with Crippen LogP contribution in [0.2, 0.25) is 0 Å². The molecule has 2 aromatic rings. The van der Waals surface area contributed by atoms with Crippen LogP contribution >= 0.6 is 27.3 Å². The van der Waals surface area contributed by atoms with E-state index in [-0.39, 0.29) is 19.2 Å². The van der Waals surface area contributed by atoms with Gasteiger partial charge in [0.15, 0.2) is 0 Å². The van der Waals surface area contributed by atoms with Gasteiger partial charge in [-0.3, -0.25) is 4.72 Å². The molecule has 1 heterocycles. The molecule has 0 aliphatic carbocycles. The van der Waals surface area contributed by atoms with Gasteiger partial charge in [0.1, 0.15) is 9.77 Å². The van der Waals surface area contributed by atoms with E-state index in [2.05, 4.69) is 20.7 Å². The van der Waals surface area contributed by atoms with Crippen LogP contribution in [-0.2, 0) is 10.0 Å². The normalized spacial score (nSPS) is 10.9. The van der Waals surface area contributed by atoms with Crippen LogP contribution in [0, 0.1) is 11.3 Å². The zero-order valence-electron chi connectivity index (χ0n) is 10.2. The first-order chi connectivity index (χ1) is 9.83. The average Bonchev–Trinajstić information content (AvgIpc) is 2.81. The minimum Gasteiger partial charge on any atom is -0.477 e. The number of sulfonamides is 1. The summed E-state index contributed by atoms with van der Waals surface area (Å²) in [6.45, 7) is 0. The highest BCUT2D eigenvalue weighted by atomic mass is 79.9. The van der Waals surface area contributed by atoms with Crippen LogP contribution in [0.25, 0.3) is 0 Å². The molecular weight excluding hydrogens is 380 g/mol. The zero-order chi connectivity index (χ0) is 15.6. The molecule has 0 amide bonds. The molecule has 108 valence electrons. The number of nitriles is 1. The summed E-state index contributed by atoms with van der Waals surface area (Å²) in [6, 6.07) is 8.95. The quantitative estimate of drug-likeness (QED) is 0.839. The molecule has 9 heteroatoms. The number of halogens is 1. The number of nitrogens with one attached hydrogen (secondary N) is 1. The van der Waals surface area contributed by atoms with Crippen molar-refractivity contribution in [2.45, 2.75) is 4.90 Å². The second-order valence-corrected chi connectivity index (χ2v) is 7.87. The fourth-order valence-electron chi connectivity index (χ4n) is 1.50. The SMILES string of the molecule is N#Cc1cccc(NS(=O)(=O)c2cc(C(=O)O)sc2Br)c1. The van der Waals surface area contributed by atoms with E-state index in [0.29, 0.717) is 5.56 Å². The molecule has 0 aliphatic rings. The summed E-state index contributed by atoms with van der Waals surface area (Å²) in [5.41, 5.74) is 0.537. The average molecular weight is 387 g/mol. The van der Waals surface area contributed by atoms with Crippen molar-refractivity contribution in [3.05, 3.63) is 44.6 Å². The van der Waals surface area contributed by atoms with Crippen LogP contribution in [0.5, 0.6) is 0 Å². The Morgan fingerprint density at radius 3 is 2.67 bits per heavy atom. The van der Waals surface area contributed by atoms with Crippen molar-refractivity contribution in [2.24, 2.45) is 0 Å². The summed E-state index contributed by atoms with van der Waals surface area (Å²) in [6.07, 6.45) is 0. The predicted octanol–water partition coefficient (Wildman–Crippen LogP) is 2.88. The molecule has 21 heavy (non-hydrogen) atoms. The lowest BCUT2D eigenvalue weighted by Gasteiger charge is -2.07. The standard InChI is InChI=1S/C12H7BrN2O4S2/c13-11-10(5-9(20-11)12(16)17)21(18,19)15-8-3-1-2-7(4-8)6-14/h1-5,15H,(H,16,17). The number of anilines is 1. The third-order valence-electron chi connectivity index (χ3n) is 2.40. The second kappa shape index (κ2) is 5.85. The third kappa shape index (κ3) is 3.41. The maximum Gasteiger partial charge on any atom is 0.345 e. The number of aromatic carboxylic acids is 1. The lowest BCUT2D eigenvalue weighted by molar-refractivity contribution is 0.0702. The van der Waals surface area contributed by atoms with Crippen LogP contribution in [-0.4, -0.2) is 19.5 Å². The monoisotopic (exact) mass is 386 g/mol. The minimum atomic E-state index is -3.94. The summed E-state index contributed by atoms with van der Waals surface area (Å²) in [5.74, 6) is -1.20. The van der Waals surface area contributed by atoms with Crippen molar-refractivity contribution in [1.29, 1.82) is 5.26 Å². The number of hydrogen-bond donors (Lipinski definition) is 2. The molecule has 0 bridgehead atoms. The van der Waals surface area contributed by atoms with Crippen molar-refractivity contribution in [1.82, 2.24) is 0 Å². The van der Waals surface area contributed by atoms with Crippen LogP contribution < -0.4 is 4.72 Å². The molecule has 0 fully saturated rings. The van der Waals surface area contributed by atoms with E-state index >= 15 is 0 Å². The molecule has 0 saturated heterocycles. The van der Waals surface area contributed by atoms with Crippen LogP contribution in [0.4, 0.5) is 5.69 Å². The van der Waals surface area contributed by atoms with E-state index in [0.717, 1.165) is 17.4 Å². The topological polar surface area (TPSA) is 107 Å². The van der Waals surface area contributed by atoms with Crippen LogP contribution in [0.15, 0.2) is 39.0 Å². The van der Waals surface area contributed by atoms with Gasteiger partial charge in [0, 0.05) is 0 Å². The van der Waals surface area contributed by atoms with Gasteiger partial charge in [-0.25, -0.2) is 13.2 Å². The molecule has 2 rings (SSSR count). The highest BCUT2D eigenvalue weighted by Crippen LogP contribution is 2.32. The summed E-state index contributed by atoms with van der Waals surface area (Å²) in [5, 5.41) is 17.7. The second-order valence-electron chi connectivity index (χ2n) is 3.85. The molecule has 6 nitrogen and oxygen atoms in total. The van der Waals surface area contributed by atoms with E-state index in [1.807, 2.05) is 6.07 Å². The molecule has 0 spiro atoms. The lowest BCUT2D eigenvalue weighted by atomic mass is 10.2. The van der Waals surface area contributed by atoms with Crippen LogP contribution in [0.3, 0.4) is 0 Å². The Kier molecular flexibility index (Phi) is 4.32. The number of hydrogen-bond acceptors (Lipinski definition) is 5. The summed E-state index contributed by atoms with van der Waals surface area (Å²) in [4.78, 5) is 10.6. The van der Waals surface area contributed by atoms with Gasteiger partial charge in [-0.1, -0.05) is 6.07 Å². The fourth-order valence-corrected chi connectivity index (χ4v) is 4.96. The van der Waals surface area contributed by atoms with E-state index in [1.165, 1.54) is 12.1 Å². The van der Waals surface area contributed by atoms with E-state index in [9.17, 15) is 13.2 Å². The fraction of sp³-hybridized carbons (Fsp3) is 0. The smallest absolute Gasteiger partial charge is 0.345 e. The molecule has 1 aromatic carbocycles. The van der Waals surface area contributed by atoms with Gasteiger partial charge in [0.2, 0.25) is 0 Å². The van der Waals surface area contributed by atoms with Gasteiger partial charge < -0.3 is 5.11 Å². The van der Waals surface area contributed by atoms with E-state index in [1.54, 1.807) is 12.1 Å². The number of carboxylic acids is 1. The van der Waals surface area contributed by atoms with Gasteiger partial charge in [-0.2, -0.15) is 5.26 Å². The first-order valence-corrected chi connectivity index (χ1v) is 8.48. The maximum absolute atomic E-state index is 12.2. The molecule has 0 radical (unpaired) electrons. The molecule has 0 atom stereocenters. The highest BCUT2D eigenvalue weighted by molar-refractivity contribution is 9.11. The Bertz CT molecular complexity index is 852. The lowest BCUT2D eigenvalue weighted by Crippen LogP contribution is -2.12. The van der Waals surface area contributed by atoms with Gasteiger partial charge >= 0.3 is 5.97 Å². The summed E-state index contributed by atoms with van der Waals surface area (Å²) < 4.78 is 27.0. The first-order valence-electron chi connectivity index (χ1n) is 5.39. The molecule has 1 aromatic heterocycles. The molecule has 0 aliphatic heterocycles. The number of thiophene rings is 1. The first kappa shape index (κ1) is 15.5. The Morgan fingerprint density at radius 2 is 2.10 bits per heavy atom. The Balaban J connectivity index is 2.38. The number of rotatable bonds is 4. The largest absolute Gasteiger partial charge is 0.477 e. The van der Waals surface area contributed by atoms with Crippen LogP contribution in [0.1, 0.15) is 15.2 Å². The van der Waals surface area contributed by atoms with Crippen molar-refractivity contribution >= 4 is 48.9 Å². The van der Waals surface area contributed by atoms with Crippen molar-refractivity contribution in [2.75, 3.05) is 4.72 Å². The number of nitrogens with zero attached hydrogens (tertiary/aromatic N) is 1. The Hall–Kier alpha value is -1.89. The predicted molar refractivity (Wildman–Crippen MR) is 80.9 cm³/mol. The van der Waals surface area contributed by atoms with Crippen molar-refractivity contribution in [3.8, 4) is 6.07 Å². The van der Waals surface area contributed by atoms with E-state index < -0.39 is 16.0 Å². The van der Waals surface area contributed by atoms with Gasteiger partial charge in [-0.15, -0.1) is 11.3 Å². The molecule has 0 unspecified atom stereocenters. The number of carboxylic acid groups (broad SMARTS) is 1. The van der Waals surface area contributed by atoms with Gasteiger partial charge in [-0.05, 0) is 40.2 Å². The zero-order valence-corrected chi connectivity index (χ0v) is 13.4. The van der Waals surface area contributed by atoms with E-state index in [4.69, 9.17) is 10.4 Å². The molecule has 2 N–H and O–H groups in total. The van der Waals surface area contributed by atoms with Crippen molar-refractivity contribution in [3.63, 3.8) is 0 Å². The Morgan fingerprint density at radius 1 is 1.38 bits per heavy atom. The minimum absolute atomic E-state index is 0.0898. The number of benzene rings is 1. The summed E-state index contributed by atoms with van der Waals surface area (Å²) in [7, 11) is -3.94. The highest BCUT2D eigenvalue weighted by Gasteiger charge is 2.23. The van der Waals surface area contributed by atoms with Gasteiger partial charge in [0.05, 0.1) is 21.1 Å². The van der Waals surface area contributed by atoms with Crippen molar-refractivity contribution < 1.29 is 18.3 Å². The maximum atomic E-state index is 12.2. The molecule has 0 saturated carbocycles.